The summed E-state index contributed by atoms with van der Waals surface area (Å²) < 4.78 is 1.88. The zero-order chi connectivity index (χ0) is 14.8. The van der Waals surface area contributed by atoms with Gasteiger partial charge in [0.15, 0.2) is 5.69 Å². The van der Waals surface area contributed by atoms with Crippen LogP contribution >= 0.6 is 0 Å². The Morgan fingerprint density at radius 2 is 2.43 bits per heavy atom. The number of fused-ring (bicyclic) bond motifs is 1. The van der Waals surface area contributed by atoms with Gasteiger partial charge in [-0.25, -0.2) is 0 Å². The first-order valence-corrected chi connectivity index (χ1v) is 7.48. The summed E-state index contributed by atoms with van der Waals surface area (Å²) >= 11 is 0. The maximum Gasteiger partial charge on any atom is 0.272 e. The van der Waals surface area contributed by atoms with Crippen molar-refractivity contribution in [3.05, 3.63) is 34.9 Å². The molecule has 2 heterocycles. The molecule has 21 heavy (non-hydrogen) atoms. The van der Waals surface area contributed by atoms with Crippen LogP contribution in [0.2, 0.25) is 0 Å². The van der Waals surface area contributed by atoms with E-state index in [-0.39, 0.29) is 5.91 Å². The van der Waals surface area contributed by atoms with Crippen LogP contribution in [0.3, 0.4) is 0 Å². The number of hydrogen-bond donors (Lipinski definition) is 2. The number of carbonyl (C=O) groups excluding carboxylic acids is 1. The number of amides is 1. The fraction of sp³-hybridized carbons (Fsp3) is 0.533. The minimum absolute atomic E-state index is 0.0913. The van der Waals surface area contributed by atoms with Gasteiger partial charge in [-0.15, -0.1) is 0 Å². The van der Waals surface area contributed by atoms with E-state index in [2.05, 4.69) is 27.5 Å². The van der Waals surface area contributed by atoms with Gasteiger partial charge in [-0.3, -0.25) is 14.6 Å². The molecule has 1 atom stereocenters. The fourth-order valence-corrected chi connectivity index (χ4v) is 2.85. The number of rotatable bonds is 4. The standard InChI is InChI=1S/C15H21N5O/c1-10-3-4-13-12(9-10)14(19-18-13)15(21)16-7-8-20-11(2)5-6-17-20/h5-6,10H,3-4,7-9H2,1-2H3,(H,16,21)(H,18,19)/t10-/m0/s1. The first-order chi connectivity index (χ1) is 10.1. The summed E-state index contributed by atoms with van der Waals surface area (Å²) in [6.07, 6.45) is 4.85. The molecule has 1 aliphatic carbocycles. The molecule has 2 aromatic rings. The number of carbonyl (C=O) groups is 1. The summed E-state index contributed by atoms with van der Waals surface area (Å²) in [5, 5.41) is 14.4. The maximum absolute atomic E-state index is 12.3. The van der Waals surface area contributed by atoms with Gasteiger partial charge in [0.25, 0.3) is 5.91 Å². The van der Waals surface area contributed by atoms with E-state index in [0.717, 1.165) is 36.2 Å². The average Bonchev–Trinajstić information content (AvgIpc) is 3.05. The first kappa shape index (κ1) is 13.9. The number of nitrogens with one attached hydrogen (secondary N) is 2. The van der Waals surface area contributed by atoms with E-state index in [4.69, 9.17) is 0 Å². The van der Waals surface area contributed by atoms with Crippen LogP contribution in [0.4, 0.5) is 0 Å². The van der Waals surface area contributed by atoms with Gasteiger partial charge < -0.3 is 5.32 Å². The Bertz CT molecular complexity index is 642. The second-order valence-electron chi connectivity index (χ2n) is 5.83. The molecule has 1 aliphatic rings. The first-order valence-electron chi connectivity index (χ1n) is 7.48. The van der Waals surface area contributed by atoms with E-state index in [0.29, 0.717) is 24.7 Å². The normalized spacial score (nSPS) is 17.5. The third kappa shape index (κ3) is 2.84. The van der Waals surface area contributed by atoms with Gasteiger partial charge in [-0.1, -0.05) is 6.92 Å². The third-order valence-electron chi connectivity index (χ3n) is 4.15. The fourth-order valence-electron chi connectivity index (χ4n) is 2.85. The molecule has 0 aromatic carbocycles. The third-order valence-corrected chi connectivity index (χ3v) is 4.15. The Kier molecular flexibility index (Phi) is 3.77. The Balaban J connectivity index is 1.61. The van der Waals surface area contributed by atoms with Crippen LogP contribution in [0.25, 0.3) is 0 Å². The summed E-state index contributed by atoms with van der Waals surface area (Å²) in [6.45, 7) is 5.45. The van der Waals surface area contributed by atoms with Gasteiger partial charge in [-0.05, 0) is 38.2 Å². The molecule has 3 rings (SSSR count). The van der Waals surface area contributed by atoms with Crippen molar-refractivity contribution in [3.8, 4) is 0 Å². The number of H-pyrrole nitrogens is 1. The quantitative estimate of drug-likeness (QED) is 0.894. The van der Waals surface area contributed by atoms with Crippen LogP contribution in [0.5, 0.6) is 0 Å². The lowest BCUT2D eigenvalue weighted by Gasteiger charge is -2.18. The van der Waals surface area contributed by atoms with Crippen LogP contribution in [0.15, 0.2) is 12.3 Å². The lowest BCUT2D eigenvalue weighted by Crippen LogP contribution is -2.29. The lowest BCUT2D eigenvalue weighted by atomic mass is 9.88. The summed E-state index contributed by atoms with van der Waals surface area (Å²) in [6, 6.07) is 1.95. The predicted molar refractivity (Wildman–Crippen MR) is 79.1 cm³/mol. The van der Waals surface area contributed by atoms with Crippen LogP contribution < -0.4 is 5.32 Å². The molecule has 6 heteroatoms. The molecule has 0 aliphatic heterocycles. The zero-order valence-corrected chi connectivity index (χ0v) is 12.5. The van der Waals surface area contributed by atoms with Gasteiger partial charge in [0.2, 0.25) is 0 Å². The lowest BCUT2D eigenvalue weighted by molar-refractivity contribution is 0.0945. The van der Waals surface area contributed by atoms with Crippen molar-refractivity contribution in [1.82, 2.24) is 25.3 Å². The molecule has 0 radical (unpaired) electrons. The van der Waals surface area contributed by atoms with Crippen LogP contribution in [-0.4, -0.2) is 32.4 Å². The molecule has 112 valence electrons. The zero-order valence-electron chi connectivity index (χ0n) is 12.5. The van der Waals surface area contributed by atoms with Crippen molar-refractivity contribution in [2.75, 3.05) is 6.54 Å². The molecule has 2 aromatic heterocycles. The summed E-state index contributed by atoms with van der Waals surface area (Å²) in [7, 11) is 0. The van der Waals surface area contributed by atoms with E-state index in [1.807, 2.05) is 17.7 Å². The van der Waals surface area contributed by atoms with E-state index >= 15 is 0 Å². The van der Waals surface area contributed by atoms with E-state index in [1.54, 1.807) is 6.20 Å². The molecule has 0 unspecified atom stereocenters. The van der Waals surface area contributed by atoms with Crippen molar-refractivity contribution < 1.29 is 4.79 Å². The van der Waals surface area contributed by atoms with Gasteiger partial charge in [0, 0.05) is 29.7 Å². The SMILES string of the molecule is Cc1ccnn1CCNC(=O)c1n[nH]c2c1C[C@@H](C)CC2. The number of aromatic amines is 1. The summed E-state index contributed by atoms with van der Waals surface area (Å²) in [5.74, 6) is 0.528. The molecule has 1 amide bonds. The largest absolute Gasteiger partial charge is 0.349 e. The number of aryl methyl sites for hydroxylation is 2. The minimum atomic E-state index is -0.0913. The van der Waals surface area contributed by atoms with Gasteiger partial charge >= 0.3 is 0 Å². The highest BCUT2D eigenvalue weighted by molar-refractivity contribution is 5.94. The van der Waals surface area contributed by atoms with Crippen molar-refractivity contribution in [3.63, 3.8) is 0 Å². The van der Waals surface area contributed by atoms with Crippen molar-refractivity contribution in [1.29, 1.82) is 0 Å². The van der Waals surface area contributed by atoms with E-state index in [1.165, 1.54) is 0 Å². The topological polar surface area (TPSA) is 75.6 Å². The number of aromatic nitrogens is 4. The summed E-state index contributed by atoms with van der Waals surface area (Å²) in [5.41, 5.74) is 3.88. The highest BCUT2D eigenvalue weighted by atomic mass is 16.1. The highest BCUT2D eigenvalue weighted by Gasteiger charge is 2.24. The molecule has 0 saturated carbocycles. The van der Waals surface area contributed by atoms with Crippen LogP contribution in [-0.2, 0) is 19.4 Å². The Morgan fingerprint density at radius 3 is 3.19 bits per heavy atom. The monoisotopic (exact) mass is 287 g/mol. The second-order valence-corrected chi connectivity index (χ2v) is 5.83. The number of hydrogen-bond acceptors (Lipinski definition) is 3. The molecule has 2 N–H and O–H groups in total. The second kappa shape index (κ2) is 5.71. The molecule has 6 nitrogen and oxygen atoms in total. The highest BCUT2D eigenvalue weighted by Crippen LogP contribution is 2.25. The molecule has 0 saturated heterocycles. The van der Waals surface area contributed by atoms with Gasteiger partial charge in [-0.2, -0.15) is 10.2 Å². The van der Waals surface area contributed by atoms with Gasteiger partial charge in [0.05, 0.1) is 6.54 Å². The number of nitrogens with zero attached hydrogens (tertiary/aromatic N) is 3. The Morgan fingerprint density at radius 1 is 1.57 bits per heavy atom. The van der Waals surface area contributed by atoms with E-state index in [9.17, 15) is 4.79 Å². The van der Waals surface area contributed by atoms with Crippen LogP contribution in [0, 0.1) is 12.8 Å². The summed E-state index contributed by atoms with van der Waals surface area (Å²) in [4.78, 5) is 12.3. The smallest absolute Gasteiger partial charge is 0.272 e. The van der Waals surface area contributed by atoms with Crippen LogP contribution in [0.1, 0.15) is 40.8 Å². The van der Waals surface area contributed by atoms with Crippen molar-refractivity contribution in [2.24, 2.45) is 5.92 Å². The molecule has 0 fully saturated rings. The van der Waals surface area contributed by atoms with Crippen molar-refractivity contribution >= 4 is 5.91 Å². The maximum atomic E-state index is 12.3. The van der Waals surface area contributed by atoms with E-state index < -0.39 is 0 Å². The molecule has 0 bridgehead atoms. The molecule has 0 spiro atoms. The Labute approximate surface area is 123 Å². The minimum Gasteiger partial charge on any atom is -0.349 e. The Hall–Kier alpha value is -2.11. The molecular weight excluding hydrogens is 266 g/mol. The predicted octanol–water partition coefficient (Wildman–Crippen LogP) is 1.47. The average molecular weight is 287 g/mol. The van der Waals surface area contributed by atoms with Gasteiger partial charge in [0.1, 0.15) is 0 Å². The molecular formula is C15H21N5O. The van der Waals surface area contributed by atoms with Crippen molar-refractivity contribution in [2.45, 2.75) is 39.7 Å².